The molecule has 2 rings (SSSR count). The molecule has 0 radical (unpaired) electrons. The molecule has 2 nitrogen and oxygen atoms in total. The molecule has 1 aliphatic heterocycles. The average molecular weight is 291 g/mol. The van der Waals surface area contributed by atoms with Crippen LogP contribution >= 0.6 is 11.8 Å². The lowest BCUT2D eigenvalue weighted by Crippen LogP contribution is -2.24. The first-order chi connectivity index (χ1) is 9.03. The van der Waals surface area contributed by atoms with Gasteiger partial charge in [-0.2, -0.15) is 13.2 Å². The van der Waals surface area contributed by atoms with E-state index in [2.05, 4.69) is 5.32 Å². The van der Waals surface area contributed by atoms with Crippen molar-refractivity contribution in [2.45, 2.75) is 23.2 Å². The van der Waals surface area contributed by atoms with Gasteiger partial charge in [0.15, 0.2) is 0 Å². The lowest BCUT2D eigenvalue weighted by atomic mass is 10.0. The predicted octanol–water partition coefficient (Wildman–Crippen LogP) is 4.14. The summed E-state index contributed by atoms with van der Waals surface area (Å²) in [5.74, 6) is 0.484. The molecule has 0 amide bonds. The summed E-state index contributed by atoms with van der Waals surface area (Å²) in [5, 5.41) is 3.23. The van der Waals surface area contributed by atoms with Crippen LogP contribution in [0.3, 0.4) is 0 Å². The number of nitrogens with one attached hydrogen (secondary N) is 1. The van der Waals surface area contributed by atoms with Crippen molar-refractivity contribution in [2.75, 3.05) is 25.1 Å². The van der Waals surface area contributed by atoms with Crippen LogP contribution in [0.5, 0.6) is 0 Å². The highest BCUT2D eigenvalue weighted by atomic mass is 32.2. The first-order valence-corrected chi connectivity index (χ1v) is 7.02. The van der Waals surface area contributed by atoms with Crippen LogP contribution in [0.4, 0.5) is 18.9 Å². The maximum atomic E-state index is 12.2. The summed E-state index contributed by atoms with van der Waals surface area (Å²) in [7, 11) is 0. The van der Waals surface area contributed by atoms with Crippen molar-refractivity contribution in [2.24, 2.45) is 5.92 Å². The molecule has 1 saturated heterocycles. The third-order valence-electron chi connectivity index (χ3n) is 2.94. The number of hydrogen-bond donors (Lipinski definition) is 1. The number of ether oxygens (including phenoxy) is 1. The Bertz CT molecular complexity index is 388. The van der Waals surface area contributed by atoms with Gasteiger partial charge in [-0.25, -0.2) is 0 Å². The fourth-order valence-electron chi connectivity index (χ4n) is 2.01. The number of benzene rings is 1. The van der Waals surface area contributed by atoms with E-state index in [1.165, 1.54) is 12.1 Å². The quantitative estimate of drug-likeness (QED) is 0.843. The Labute approximate surface area is 114 Å². The fourth-order valence-corrected chi connectivity index (χ4v) is 2.54. The second-order valence-electron chi connectivity index (χ2n) is 4.54. The van der Waals surface area contributed by atoms with E-state index in [-0.39, 0.29) is 16.7 Å². The third-order valence-corrected chi connectivity index (χ3v) is 3.68. The molecule has 0 saturated carbocycles. The molecule has 106 valence electrons. The van der Waals surface area contributed by atoms with E-state index in [1.54, 1.807) is 12.1 Å². The van der Waals surface area contributed by atoms with E-state index in [0.717, 1.165) is 38.3 Å². The number of rotatable bonds is 4. The maximum Gasteiger partial charge on any atom is 0.446 e. The summed E-state index contributed by atoms with van der Waals surface area (Å²) in [6.07, 6.45) is 2.21. The molecular formula is C13H16F3NOS. The van der Waals surface area contributed by atoms with Gasteiger partial charge in [0.05, 0.1) is 6.61 Å². The van der Waals surface area contributed by atoms with Crippen molar-refractivity contribution in [3.05, 3.63) is 24.3 Å². The Kier molecular flexibility index (Phi) is 4.99. The van der Waals surface area contributed by atoms with E-state index >= 15 is 0 Å². The van der Waals surface area contributed by atoms with E-state index in [4.69, 9.17) is 4.74 Å². The second kappa shape index (κ2) is 6.52. The molecule has 1 aromatic rings. The molecular weight excluding hydrogens is 275 g/mol. The summed E-state index contributed by atoms with van der Waals surface area (Å²) < 4.78 is 41.9. The standard InChI is InChI=1S/C13H16F3NOS/c14-13(15,16)19-12-5-3-11(4-6-12)17-8-10-2-1-7-18-9-10/h3-6,10,17H,1-2,7-9H2. The minimum absolute atomic E-state index is 0.0922. The zero-order valence-electron chi connectivity index (χ0n) is 10.4. The van der Waals surface area contributed by atoms with Crippen LogP contribution < -0.4 is 5.32 Å². The number of alkyl halides is 3. The Hall–Kier alpha value is -0.880. The summed E-state index contributed by atoms with van der Waals surface area (Å²) in [6.45, 7) is 2.39. The van der Waals surface area contributed by atoms with Crippen molar-refractivity contribution < 1.29 is 17.9 Å². The van der Waals surface area contributed by atoms with Gasteiger partial charge in [0.1, 0.15) is 0 Å². The third kappa shape index (κ3) is 5.32. The molecule has 0 aromatic heterocycles. The minimum atomic E-state index is -4.23. The number of anilines is 1. The lowest BCUT2D eigenvalue weighted by molar-refractivity contribution is -0.0328. The molecule has 0 spiro atoms. The topological polar surface area (TPSA) is 21.3 Å². The SMILES string of the molecule is FC(F)(F)Sc1ccc(NCC2CCCOC2)cc1. The first kappa shape index (κ1) is 14.5. The van der Waals surface area contributed by atoms with Gasteiger partial charge in [0, 0.05) is 23.7 Å². The number of halogens is 3. The van der Waals surface area contributed by atoms with Crippen LogP contribution in [0.2, 0.25) is 0 Å². The Morgan fingerprint density at radius 2 is 2.00 bits per heavy atom. The van der Waals surface area contributed by atoms with E-state index in [1.807, 2.05) is 0 Å². The molecule has 1 aliphatic rings. The molecule has 1 fully saturated rings. The average Bonchev–Trinajstić information content (AvgIpc) is 2.37. The molecule has 19 heavy (non-hydrogen) atoms. The van der Waals surface area contributed by atoms with Crippen LogP contribution in [0.25, 0.3) is 0 Å². The zero-order valence-corrected chi connectivity index (χ0v) is 11.2. The molecule has 0 aliphatic carbocycles. The maximum absolute atomic E-state index is 12.2. The Balaban J connectivity index is 1.81. The van der Waals surface area contributed by atoms with Gasteiger partial charge in [-0.1, -0.05) is 0 Å². The Morgan fingerprint density at radius 3 is 2.58 bits per heavy atom. The van der Waals surface area contributed by atoms with Crippen molar-refractivity contribution in [1.82, 2.24) is 0 Å². The highest BCUT2D eigenvalue weighted by Crippen LogP contribution is 2.37. The van der Waals surface area contributed by atoms with E-state index in [0.29, 0.717) is 5.92 Å². The summed E-state index contributed by atoms with van der Waals surface area (Å²) in [6, 6.07) is 6.32. The number of hydrogen-bond acceptors (Lipinski definition) is 3. The van der Waals surface area contributed by atoms with Crippen molar-refractivity contribution in [3.63, 3.8) is 0 Å². The van der Waals surface area contributed by atoms with Gasteiger partial charge >= 0.3 is 5.51 Å². The lowest BCUT2D eigenvalue weighted by Gasteiger charge is -2.22. The van der Waals surface area contributed by atoms with Crippen molar-refractivity contribution in [3.8, 4) is 0 Å². The van der Waals surface area contributed by atoms with Crippen LogP contribution in [0.15, 0.2) is 29.2 Å². The van der Waals surface area contributed by atoms with Crippen molar-refractivity contribution in [1.29, 1.82) is 0 Å². The van der Waals surface area contributed by atoms with Crippen LogP contribution in [0.1, 0.15) is 12.8 Å². The first-order valence-electron chi connectivity index (χ1n) is 6.20. The van der Waals surface area contributed by atoms with Crippen LogP contribution in [-0.4, -0.2) is 25.3 Å². The molecule has 1 unspecified atom stereocenters. The molecule has 1 atom stereocenters. The van der Waals surface area contributed by atoms with Gasteiger partial charge < -0.3 is 10.1 Å². The van der Waals surface area contributed by atoms with Gasteiger partial charge in [0.25, 0.3) is 0 Å². The van der Waals surface area contributed by atoms with Gasteiger partial charge in [-0.3, -0.25) is 0 Å². The second-order valence-corrected chi connectivity index (χ2v) is 5.67. The fraction of sp³-hybridized carbons (Fsp3) is 0.538. The summed E-state index contributed by atoms with van der Waals surface area (Å²) in [5.41, 5.74) is -3.38. The highest BCUT2D eigenvalue weighted by Gasteiger charge is 2.28. The van der Waals surface area contributed by atoms with Crippen molar-refractivity contribution >= 4 is 17.4 Å². The summed E-state index contributed by atoms with van der Waals surface area (Å²) in [4.78, 5) is 0.207. The minimum Gasteiger partial charge on any atom is -0.385 e. The molecule has 0 bridgehead atoms. The largest absolute Gasteiger partial charge is 0.446 e. The predicted molar refractivity (Wildman–Crippen MR) is 70.4 cm³/mol. The molecule has 6 heteroatoms. The van der Waals surface area contributed by atoms with Gasteiger partial charge in [-0.05, 0) is 54.8 Å². The molecule has 1 heterocycles. The normalized spacial score (nSPS) is 20.3. The molecule has 1 N–H and O–H groups in total. The van der Waals surface area contributed by atoms with E-state index in [9.17, 15) is 13.2 Å². The Morgan fingerprint density at radius 1 is 1.26 bits per heavy atom. The van der Waals surface area contributed by atoms with E-state index < -0.39 is 5.51 Å². The van der Waals surface area contributed by atoms with Gasteiger partial charge in [0.2, 0.25) is 0 Å². The highest BCUT2D eigenvalue weighted by molar-refractivity contribution is 8.00. The van der Waals surface area contributed by atoms with Gasteiger partial charge in [-0.15, -0.1) is 0 Å². The van der Waals surface area contributed by atoms with Crippen LogP contribution in [0, 0.1) is 5.92 Å². The zero-order chi connectivity index (χ0) is 13.7. The number of thioether (sulfide) groups is 1. The molecule has 1 aromatic carbocycles. The van der Waals surface area contributed by atoms with Crippen LogP contribution in [-0.2, 0) is 4.74 Å². The summed E-state index contributed by atoms with van der Waals surface area (Å²) >= 11 is -0.0922. The monoisotopic (exact) mass is 291 g/mol. The smallest absolute Gasteiger partial charge is 0.385 e.